The van der Waals surface area contributed by atoms with E-state index in [9.17, 15) is 29.5 Å². The van der Waals surface area contributed by atoms with E-state index < -0.39 is 57.1 Å². The SMILES string of the molecule is CCCCC[C@H](O)/C=C/[C@H]1OC(O)C[C@H](O)[C@@H]1C/C=C\CCCC(=O)OC[C@H](COP(=O)(O)O)OC(=O)CCCCCCCCCCCCCCCCCCCCC(C)C. The first-order chi connectivity index (χ1) is 28.8. The summed E-state index contributed by atoms with van der Waals surface area (Å²) in [6.45, 7) is 5.73. The van der Waals surface area contributed by atoms with Gasteiger partial charge in [-0.15, -0.1) is 0 Å². The highest BCUT2D eigenvalue weighted by molar-refractivity contribution is 7.46. The molecule has 0 aromatic heterocycles. The number of aliphatic hydroxyl groups excluding tert-OH is 3. The van der Waals surface area contributed by atoms with Gasteiger partial charge in [0.25, 0.3) is 0 Å². The van der Waals surface area contributed by atoms with Gasteiger partial charge in [0.2, 0.25) is 0 Å². The largest absolute Gasteiger partial charge is 0.469 e. The molecule has 1 aliphatic heterocycles. The Morgan fingerprint density at radius 3 is 1.80 bits per heavy atom. The Morgan fingerprint density at radius 2 is 1.25 bits per heavy atom. The average molecular weight is 875 g/mol. The van der Waals surface area contributed by atoms with E-state index >= 15 is 0 Å². The van der Waals surface area contributed by atoms with E-state index in [2.05, 4.69) is 25.3 Å². The minimum Gasteiger partial charge on any atom is -0.462 e. The number of hydrogen-bond acceptors (Lipinski definition) is 10. The summed E-state index contributed by atoms with van der Waals surface area (Å²) in [6, 6.07) is 0. The Balaban J connectivity index is 2.22. The first-order valence-corrected chi connectivity index (χ1v) is 25.4. The number of rotatable bonds is 39. The van der Waals surface area contributed by atoms with Crippen LogP contribution in [0.25, 0.3) is 0 Å². The summed E-state index contributed by atoms with van der Waals surface area (Å²) in [5.41, 5.74) is 0. The Bertz CT molecular complexity index is 1160. The van der Waals surface area contributed by atoms with Crippen LogP contribution < -0.4 is 0 Å². The summed E-state index contributed by atoms with van der Waals surface area (Å²) in [7, 11) is -4.82. The normalized spacial score (nSPS) is 19.7. The van der Waals surface area contributed by atoms with E-state index in [1.165, 1.54) is 96.3 Å². The van der Waals surface area contributed by atoms with Gasteiger partial charge >= 0.3 is 19.8 Å². The minimum absolute atomic E-state index is 0.0754. The molecule has 5 N–H and O–H groups in total. The average Bonchev–Trinajstić information content (AvgIpc) is 3.18. The molecule has 352 valence electrons. The number of carbonyl (C=O) groups excluding carboxylic acids is 2. The highest BCUT2D eigenvalue weighted by atomic mass is 31.2. The minimum atomic E-state index is -4.82. The zero-order valence-electron chi connectivity index (χ0n) is 37.8. The molecule has 0 aromatic rings. The number of carbonyl (C=O) groups is 2. The van der Waals surface area contributed by atoms with Crippen LogP contribution in [0, 0.1) is 11.8 Å². The fraction of sp³-hybridized carbons (Fsp3) is 0.872. The Kier molecular flexibility index (Phi) is 34.6. The van der Waals surface area contributed by atoms with Crippen molar-refractivity contribution in [3.63, 3.8) is 0 Å². The number of aliphatic hydroxyl groups is 3. The van der Waals surface area contributed by atoms with Crippen LogP contribution in [-0.2, 0) is 32.9 Å². The van der Waals surface area contributed by atoms with Gasteiger partial charge in [-0.05, 0) is 38.0 Å². The molecule has 1 aliphatic rings. The second-order valence-electron chi connectivity index (χ2n) is 17.4. The molecule has 60 heavy (non-hydrogen) atoms. The molecular formula is C47H87O12P. The van der Waals surface area contributed by atoms with E-state index in [1.807, 2.05) is 12.2 Å². The molecule has 0 amide bonds. The van der Waals surface area contributed by atoms with Crippen LogP contribution in [0.2, 0.25) is 0 Å². The monoisotopic (exact) mass is 875 g/mol. The third-order valence-electron chi connectivity index (χ3n) is 11.2. The number of unbranched alkanes of at least 4 members (excludes halogenated alkanes) is 20. The highest BCUT2D eigenvalue weighted by Crippen LogP contribution is 2.36. The van der Waals surface area contributed by atoms with Gasteiger partial charge < -0.3 is 39.3 Å². The van der Waals surface area contributed by atoms with Crippen LogP contribution in [0.1, 0.15) is 207 Å². The van der Waals surface area contributed by atoms with Crippen molar-refractivity contribution in [2.75, 3.05) is 13.2 Å². The summed E-state index contributed by atoms with van der Waals surface area (Å²) in [5, 5.41) is 30.9. The van der Waals surface area contributed by atoms with Crippen LogP contribution in [-0.4, -0.2) is 81.0 Å². The van der Waals surface area contributed by atoms with Crippen molar-refractivity contribution >= 4 is 19.8 Å². The van der Waals surface area contributed by atoms with Crippen LogP contribution >= 0.6 is 7.82 Å². The summed E-state index contributed by atoms with van der Waals surface area (Å²) in [5.74, 6) is -0.543. The lowest BCUT2D eigenvalue weighted by atomic mass is 9.87. The molecule has 12 nitrogen and oxygen atoms in total. The fourth-order valence-electron chi connectivity index (χ4n) is 7.54. The maximum Gasteiger partial charge on any atom is 0.469 e. The fourth-order valence-corrected chi connectivity index (χ4v) is 7.90. The number of hydrogen-bond donors (Lipinski definition) is 5. The number of allylic oxidation sites excluding steroid dienone is 2. The second kappa shape index (κ2) is 36.8. The van der Waals surface area contributed by atoms with E-state index in [0.29, 0.717) is 32.1 Å². The zero-order chi connectivity index (χ0) is 44.3. The van der Waals surface area contributed by atoms with Gasteiger partial charge in [-0.2, -0.15) is 0 Å². The Morgan fingerprint density at radius 1 is 0.717 bits per heavy atom. The van der Waals surface area contributed by atoms with Gasteiger partial charge in [0.15, 0.2) is 12.4 Å². The summed E-state index contributed by atoms with van der Waals surface area (Å²) in [4.78, 5) is 43.2. The number of ether oxygens (including phenoxy) is 3. The lowest BCUT2D eigenvalue weighted by Gasteiger charge is -2.36. The van der Waals surface area contributed by atoms with Crippen molar-refractivity contribution in [3.05, 3.63) is 24.3 Å². The van der Waals surface area contributed by atoms with Crippen molar-refractivity contribution in [2.24, 2.45) is 11.8 Å². The molecule has 0 aromatic carbocycles. The lowest BCUT2D eigenvalue weighted by Crippen LogP contribution is -2.43. The van der Waals surface area contributed by atoms with Gasteiger partial charge in [-0.1, -0.05) is 180 Å². The quantitative estimate of drug-likeness (QED) is 0.0170. The molecular weight excluding hydrogens is 787 g/mol. The number of esters is 2. The first-order valence-electron chi connectivity index (χ1n) is 23.9. The van der Waals surface area contributed by atoms with Crippen molar-refractivity contribution in [2.45, 2.75) is 238 Å². The molecule has 13 heteroatoms. The molecule has 0 spiro atoms. The van der Waals surface area contributed by atoms with E-state index in [-0.39, 0.29) is 31.8 Å². The standard InChI is InChI=1S/C47H87O12P/c1-4-5-24-30-40(48)34-35-44-42(43(49)36-47(52)59-44)31-26-22-23-27-32-45(50)56-37-41(38-57-60(53,54)55)58-46(51)33-28-21-19-17-15-13-11-9-7-6-8-10-12-14-16-18-20-25-29-39(2)3/h22,26,34-35,39-44,47-49,52H,4-21,23-25,27-33,36-38H2,1-3H3,(H2,53,54,55)/b26-22-,35-34+/t40-,41+,42-,43-,44+,47?/m0/s1. The van der Waals surface area contributed by atoms with Crippen molar-refractivity contribution in [3.8, 4) is 0 Å². The molecule has 1 fully saturated rings. The molecule has 1 unspecified atom stereocenters. The van der Waals surface area contributed by atoms with E-state index in [0.717, 1.165) is 44.4 Å². The molecule has 0 saturated carbocycles. The topological polar surface area (TPSA) is 189 Å². The van der Waals surface area contributed by atoms with Gasteiger partial charge in [0, 0.05) is 25.2 Å². The Labute approximate surface area is 363 Å². The van der Waals surface area contributed by atoms with Crippen LogP contribution in [0.3, 0.4) is 0 Å². The summed E-state index contributed by atoms with van der Waals surface area (Å²) >= 11 is 0. The zero-order valence-corrected chi connectivity index (χ0v) is 38.7. The first kappa shape index (κ1) is 56.4. The molecule has 0 radical (unpaired) electrons. The highest BCUT2D eigenvalue weighted by Gasteiger charge is 2.35. The van der Waals surface area contributed by atoms with Crippen LogP contribution in [0.4, 0.5) is 0 Å². The van der Waals surface area contributed by atoms with Crippen molar-refractivity contribution in [1.29, 1.82) is 0 Å². The maximum absolute atomic E-state index is 12.5. The van der Waals surface area contributed by atoms with Gasteiger partial charge in [0.1, 0.15) is 6.61 Å². The van der Waals surface area contributed by atoms with Crippen molar-refractivity contribution < 1.29 is 58.0 Å². The van der Waals surface area contributed by atoms with Gasteiger partial charge in [-0.25, -0.2) is 4.57 Å². The third kappa shape index (κ3) is 33.9. The predicted molar refractivity (Wildman–Crippen MR) is 238 cm³/mol. The van der Waals surface area contributed by atoms with Crippen molar-refractivity contribution in [1.82, 2.24) is 0 Å². The summed E-state index contributed by atoms with van der Waals surface area (Å²) in [6.07, 6.45) is 32.4. The number of phosphoric ester groups is 1. The smallest absolute Gasteiger partial charge is 0.462 e. The lowest BCUT2D eigenvalue weighted by molar-refractivity contribution is -0.199. The second-order valence-corrected chi connectivity index (χ2v) is 18.7. The van der Waals surface area contributed by atoms with E-state index in [4.69, 9.17) is 24.0 Å². The van der Waals surface area contributed by atoms with Crippen LogP contribution in [0.15, 0.2) is 24.3 Å². The maximum atomic E-state index is 12.5. The van der Waals surface area contributed by atoms with Crippen LogP contribution in [0.5, 0.6) is 0 Å². The third-order valence-corrected chi connectivity index (χ3v) is 11.7. The number of phosphoric acid groups is 1. The Hall–Kier alpha value is -1.63. The predicted octanol–water partition coefficient (Wildman–Crippen LogP) is 10.7. The molecule has 1 heterocycles. The molecule has 1 rings (SSSR count). The molecule has 0 aliphatic carbocycles. The van der Waals surface area contributed by atoms with Gasteiger partial charge in [-0.3, -0.25) is 14.1 Å². The van der Waals surface area contributed by atoms with Gasteiger partial charge in [0.05, 0.1) is 24.9 Å². The summed E-state index contributed by atoms with van der Waals surface area (Å²) < 4.78 is 32.1. The molecule has 6 atom stereocenters. The molecule has 0 bridgehead atoms. The van der Waals surface area contributed by atoms with E-state index in [1.54, 1.807) is 12.2 Å². The molecule has 1 saturated heterocycles.